The number of benzene rings is 2. The molecule has 2 aromatic rings. The molecule has 110 valence electrons. The number of carboxylic acid groups (broad SMARTS) is 1. The maximum absolute atomic E-state index is 11.2. The average Bonchev–Trinajstić information content (AvgIpc) is 2.45. The van der Waals surface area contributed by atoms with Gasteiger partial charge in [0.2, 0.25) is 0 Å². The number of nitrogens with zero attached hydrogens (tertiary/aromatic N) is 1. The highest BCUT2D eigenvalue weighted by Crippen LogP contribution is 2.31. The molecular weight excluding hydrogens is 309 g/mol. The molecule has 0 saturated heterocycles. The van der Waals surface area contributed by atoms with Crippen molar-refractivity contribution >= 4 is 34.9 Å². The van der Waals surface area contributed by atoms with E-state index >= 15 is 0 Å². The summed E-state index contributed by atoms with van der Waals surface area (Å²) in [6.45, 7) is 1.81. The van der Waals surface area contributed by atoms with Gasteiger partial charge in [-0.05, 0) is 42.8 Å². The molecule has 1 N–H and O–H groups in total. The summed E-state index contributed by atoms with van der Waals surface area (Å²) in [5, 5.41) is 10.4. The molecule has 2 rings (SSSR count). The maximum atomic E-state index is 11.2. The van der Waals surface area contributed by atoms with Gasteiger partial charge in [0.05, 0.1) is 6.04 Å². The van der Waals surface area contributed by atoms with Crippen LogP contribution in [0, 0.1) is 0 Å². The summed E-state index contributed by atoms with van der Waals surface area (Å²) >= 11 is 12.1. The zero-order valence-electron chi connectivity index (χ0n) is 11.5. The molecule has 0 radical (unpaired) electrons. The van der Waals surface area contributed by atoms with Crippen LogP contribution in [0.5, 0.6) is 0 Å². The van der Waals surface area contributed by atoms with Crippen molar-refractivity contribution in [2.24, 2.45) is 0 Å². The Hall–Kier alpha value is -1.71. The molecule has 3 nitrogen and oxygen atoms in total. The number of anilines is 1. The fraction of sp³-hybridized carbons (Fsp3) is 0.188. The summed E-state index contributed by atoms with van der Waals surface area (Å²) in [6, 6.07) is 14.4. The van der Waals surface area contributed by atoms with E-state index < -0.39 is 5.97 Å². The molecular formula is C16H15Cl2NO2. The second-order valence-electron chi connectivity index (χ2n) is 4.70. The van der Waals surface area contributed by atoms with Gasteiger partial charge in [-0.2, -0.15) is 0 Å². The van der Waals surface area contributed by atoms with Crippen molar-refractivity contribution in [3.05, 3.63) is 64.1 Å². The predicted octanol–water partition coefficient (Wildman–Crippen LogP) is 4.65. The van der Waals surface area contributed by atoms with E-state index in [1.165, 1.54) is 0 Å². The van der Waals surface area contributed by atoms with E-state index in [0.29, 0.717) is 10.0 Å². The SMILES string of the molecule is CC(c1ccccc1Cl)N(CC(=O)O)c1ccc(Cl)cc1. The smallest absolute Gasteiger partial charge is 0.323 e. The van der Waals surface area contributed by atoms with E-state index in [1.807, 2.05) is 25.1 Å². The highest BCUT2D eigenvalue weighted by atomic mass is 35.5. The van der Waals surface area contributed by atoms with Gasteiger partial charge >= 0.3 is 5.97 Å². The minimum atomic E-state index is -0.899. The molecule has 1 atom stereocenters. The van der Waals surface area contributed by atoms with Gasteiger partial charge in [0, 0.05) is 15.7 Å². The van der Waals surface area contributed by atoms with Gasteiger partial charge < -0.3 is 10.0 Å². The second kappa shape index (κ2) is 6.83. The topological polar surface area (TPSA) is 40.5 Å². The Kier molecular flexibility index (Phi) is 5.10. The lowest BCUT2D eigenvalue weighted by Crippen LogP contribution is -2.32. The Bertz CT molecular complexity index is 628. The quantitative estimate of drug-likeness (QED) is 0.870. The third-order valence-corrected chi connectivity index (χ3v) is 3.88. The standard InChI is InChI=1S/C16H15Cl2NO2/c1-11(14-4-2-3-5-15(14)18)19(10-16(20)21)13-8-6-12(17)7-9-13/h2-9,11H,10H2,1H3,(H,20,21). The first-order valence-corrected chi connectivity index (χ1v) is 7.23. The molecule has 0 aliphatic rings. The fourth-order valence-electron chi connectivity index (χ4n) is 2.21. The van der Waals surface area contributed by atoms with Crippen LogP contribution >= 0.6 is 23.2 Å². The molecule has 0 bridgehead atoms. The van der Waals surface area contributed by atoms with Gasteiger partial charge in [0.25, 0.3) is 0 Å². The lowest BCUT2D eigenvalue weighted by Gasteiger charge is -2.30. The molecule has 0 amide bonds. The van der Waals surface area contributed by atoms with Crippen LogP contribution < -0.4 is 4.90 Å². The predicted molar refractivity (Wildman–Crippen MR) is 86.3 cm³/mol. The van der Waals surface area contributed by atoms with Crippen LogP contribution in [-0.2, 0) is 4.79 Å². The normalized spacial score (nSPS) is 12.0. The van der Waals surface area contributed by atoms with Crippen LogP contribution in [0.3, 0.4) is 0 Å². The summed E-state index contributed by atoms with van der Waals surface area (Å²) in [5.41, 5.74) is 1.67. The minimum Gasteiger partial charge on any atom is -0.480 e. The minimum absolute atomic E-state index is 0.117. The van der Waals surface area contributed by atoms with Crippen LogP contribution in [0.1, 0.15) is 18.5 Å². The third-order valence-electron chi connectivity index (χ3n) is 3.29. The van der Waals surface area contributed by atoms with Crippen LogP contribution in [0.15, 0.2) is 48.5 Å². The lowest BCUT2D eigenvalue weighted by molar-refractivity contribution is -0.135. The van der Waals surface area contributed by atoms with E-state index in [9.17, 15) is 4.79 Å². The van der Waals surface area contributed by atoms with Crippen molar-refractivity contribution in [3.8, 4) is 0 Å². The first-order chi connectivity index (χ1) is 9.99. The molecule has 21 heavy (non-hydrogen) atoms. The number of halogens is 2. The number of carbonyl (C=O) groups is 1. The number of aliphatic carboxylic acids is 1. The molecule has 5 heteroatoms. The van der Waals surface area contributed by atoms with Gasteiger partial charge in [0.1, 0.15) is 6.54 Å². The van der Waals surface area contributed by atoms with E-state index in [-0.39, 0.29) is 12.6 Å². The molecule has 0 aliphatic heterocycles. The number of hydrogen-bond donors (Lipinski definition) is 1. The summed E-state index contributed by atoms with van der Waals surface area (Å²) < 4.78 is 0. The van der Waals surface area contributed by atoms with E-state index in [0.717, 1.165) is 11.3 Å². The van der Waals surface area contributed by atoms with Gasteiger partial charge in [-0.25, -0.2) is 0 Å². The fourth-order valence-corrected chi connectivity index (χ4v) is 2.63. The molecule has 0 heterocycles. The molecule has 1 unspecified atom stereocenters. The third kappa shape index (κ3) is 3.90. The molecule has 0 fully saturated rings. The molecule has 0 aliphatic carbocycles. The Labute approximate surface area is 133 Å². The maximum Gasteiger partial charge on any atom is 0.323 e. The van der Waals surface area contributed by atoms with Crippen molar-refractivity contribution in [3.63, 3.8) is 0 Å². The van der Waals surface area contributed by atoms with Gasteiger partial charge in [-0.15, -0.1) is 0 Å². The highest BCUT2D eigenvalue weighted by Gasteiger charge is 2.20. The zero-order chi connectivity index (χ0) is 15.4. The summed E-state index contributed by atoms with van der Waals surface area (Å²) in [6.07, 6.45) is 0. The van der Waals surface area contributed by atoms with Gasteiger partial charge in [0.15, 0.2) is 0 Å². The molecule has 2 aromatic carbocycles. The van der Waals surface area contributed by atoms with Crippen LogP contribution in [0.4, 0.5) is 5.69 Å². The number of carboxylic acids is 1. The van der Waals surface area contributed by atoms with E-state index in [4.69, 9.17) is 28.3 Å². The Morgan fingerprint density at radius 1 is 1.14 bits per heavy atom. The first-order valence-electron chi connectivity index (χ1n) is 6.47. The van der Waals surface area contributed by atoms with Gasteiger partial charge in [-0.1, -0.05) is 41.4 Å². The molecule has 0 spiro atoms. The second-order valence-corrected chi connectivity index (χ2v) is 5.54. The zero-order valence-corrected chi connectivity index (χ0v) is 13.0. The van der Waals surface area contributed by atoms with E-state index in [1.54, 1.807) is 35.2 Å². The van der Waals surface area contributed by atoms with Crippen molar-refractivity contribution in [1.82, 2.24) is 0 Å². The average molecular weight is 324 g/mol. The van der Waals surface area contributed by atoms with Crippen molar-refractivity contribution in [1.29, 1.82) is 0 Å². The van der Waals surface area contributed by atoms with E-state index in [2.05, 4.69) is 0 Å². The van der Waals surface area contributed by atoms with Gasteiger partial charge in [-0.3, -0.25) is 4.79 Å². The van der Waals surface area contributed by atoms with Crippen LogP contribution in [0.25, 0.3) is 0 Å². The molecule has 0 saturated carbocycles. The number of hydrogen-bond acceptors (Lipinski definition) is 2. The Morgan fingerprint density at radius 2 is 1.76 bits per heavy atom. The van der Waals surface area contributed by atoms with Crippen LogP contribution in [-0.4, -0.2) is 17.6 Å². The molecule has 0 aromatic heterocycles. The number of rotatable bonds is 5. The van der Waals surface area contributed by atoms with Crippen molar-refractivity contribution in [2.45, 2.75) is 13.0 Å². The monoisotopic (exact) mass is 323 g/mol. The Balaban J connectivity index is 2.38. The van der Waals surface area contributed by atoms with Crippen LogP contribution in [0.2, 0.25) is 10.0 Å². The largest absolute Gasteiger partial charge is 0.480 e. The summed E-state index contributed by atoms with van der Waals surface area (Å²) in [5.74, 6) is -0.899. The Morgan fingerprint density at radius 3 is 2.33 bits per heavy atom. The highest BCUT2D eigenvalue weighted by molar-refractivity contribution is 6.31. The van der Waals surface area contributed by atoms with Crippen molar-refractivity contribution < 1.29 is 9.90 Å². The first kappa shape index (κ1) is 15.7. The summed E-state index contributed by atoms with van der Waals surface area (Å²) in [4.78, 5) is 12.9. The van der Waals surface area contributed by atoms with Crippen molar-refractivity contribution in [2.75, 3.05) is 11.4 Å². The summed E-state index contributed by atoms with van der Waals surface area (Å²) in [7, 11) is 0. The lowest BCUT2D eigenvalue weighted by atomic mass is 10.1.